The van der Waals surface area contributed by atoms with Gasteiger partial charge in [0, 0.05) is 76.3 Å². The molecular weight excluding hydrogens is 1630 g/mol. The van der Waals surface area contributed by atoms with Crippen LogP contribution in [-0.4, -0.2) is 113 Å². The van der Waals surface area contributed by atoms with Gasteiger partial charge in [-0.1, -0.05) is 84.6 Å². The topological polar surface area (TPSA) is 472 Å². The van der Waals surface area contributed by atoms with Crippen LogP contribution in [0.1, 0.15) is 63.4 Å². The molecule has 2 N–H and O–H groups in total. The fourth-order valence-corrected chi connectivity index (χ4v) is 16.3. The van der Waals surface area contributed by atoms with Crippen molar-refractivity contribution < 1.29 is 127 Å². The third-order valence-corrected chi connectivity index (χ3v) is 22.0. The molecule has 17 rings (SSSR count). The Labute approximate surface area is 684 Å². The molecule has 4 saturated carbocycles. The highest BCUT2D eigenvalue weighted by atomic mass is 32.1. The van der Waals surface area contributed by atoms with Crippen molar-refractivity contribution in [3.63, 3.8) is 0 Å². The van der Waals surface area contributed by atoms with E-state index >= 15 is 0 Å². The lowest BCUT2D eigenvalue weighted by atomic mass is 9.78. The molecule has 2 saturated heterocycles. The SMILES string of the molecule is C=C(C)C(=O)OC1C2CC3C1OC(=O)C3C2C(=O)Oc1ccc2[nH]c(=O)oc2c1.C=C(C)C(=O)OC1C2CC3C1OC(=O)C3C2C(=O)Oc1ccc2sc(=O)oc2c1.C=C(C)C(=O)OCC(=O)Oc1ccc2[nH]c(=O)oc2c1.C=C(C)C(=O)OCC(=O)Oc1ccc2sc(=O)oc2c1.C=C(C)c1ccc(C(=O)Oc2ccc3sc(=O)oc3c2)cc1. The standard InChI is InChI=1S/C20H17NO8.C20H16O8S.C17H12O4S.C13H11NO6.C13H10O6S/c1-7(2)17(22)28-15-9-6-10-14(19(24)29-16(10)15)13(9)18(23)26-8-3-4-11-12(5-8)27-20(25)21-11;1-7(2)17(21)27-15-9-6-10-14(19(23)28-16(10)15)13(9)18(22)25-8-3-4-12-11(5-8)26-20(24)29-12;1-10(2)11-3-5-12(6-4-11)16(18)20-13-7-8-15-14(9-13)21-17(19)22-15;1-7(2)12(16)18-6-11(15)19-8-3-4-9-10(5-8)20-13(17)14-9;1-7(2)12(15)17-6-11(14)18-8-3-4-10-9(5-8)19-13(16)20-10/h3-5,9-10,13-16H,1,6H2,2H3,(H,21,25);3-5,9-10,13-16H,1,6H2,2H3;3-9H,1H2,2H3;3-5H,1,6H2,2H3,(H,14,17);3-5H,1,6H2,2H3. The molecule has 34 nitrogen and oxygen atoms in total. The number of aromatic nitrogens is 2. The van der Waals surface area contributed by atoms with Crippen molar-refractivity contribution in [1.82, 2.24) is 9.97 Å². The lowest BCUT2D eigenvalue weighted by molar-refractivity contribution is -0.160. The van der Waals surface area contributed by atoms with E-state index in [9.17, 15) is 76.7 Å². The molecule has 4 aliphatic carbocycles. The van der Waals surface area contributed by atoms with Crippen molar-refractivity contribution in [2.75, 3.05) is 13.2 Å². The zero-order valence-electron chi connectivity index (χ0n) is 63.6. The molecule has 6 fully saturated rings. The second-order valence-corrected chi connectivity index (χ2v) is 31.0. The van der Waals surface area contributed by atoms with Crippen molar-refractivity contribution in [1.29, 1.82) is 0 Å². The molecule has 12 unspecified atom stereocenters. The Kier molecular flexibility index (Phi) is 24.4. The number of carbonyl (C=O) groups excluding carboxylic acids is 11. The van der Waals surface area contributed by atoms with E-state index in [1.165, 1.54) is 82.3 Å². The molecule has 0 spiro atoms. The van der Waals surface area contributed by atoms with E-state index < -0.39 is 148 Å². The van der Waals surface area contributed by atoms with Crippen molar-refractivity contribution in [3.8, 4) is 28.7 Å². The minimum absolute atomic E-state index is 0.176. The van der Waals surface area contributed by atoms with Crippen LogP contribution in [0.15, 0.2) is 217 Å². The summed E-state index contributed by atoms with van der Waals surface area (Å²) in [5.74, 6) is -10.5. The number of allylic oxidation sites excluding steroid dienone is 1. The zero-order valence-corrected chi connectivity index (χ0v) is 66.0. The predicted octanol–water partition coefficient (Wildman–Crippen LogP) is 10.5. The van der Waals surface area contributed by atoms with Crippen LogP contribution in [0.25, 0.3) is 58.6 Å². The maximum atomic E-state index is 13.0. The van der Waals surface area contributed by atoms with E-state index in [2.05, 4.69) is 52.3 Å². The number of hydrogen-bond donors (Lipinski definition) is 2. The van der Waals surface area contributed by atoms with E-state index in [1.54, 1.807) is 48.5 Å². The number of carbonyl (C=O) groups is 11. The number of esters is 11. The number of nitrogens with one attached hydrogen (secondary N) is 2. The Hall–Kier alpha value is -14.2. The smallest absolute Gasteiger partial charge is 0.417 e. The summed E-state index contributed by atoms with van der Waals surface area (Å²) in [4.78, 5) is 191. The average molecular weight is 1700 g/mol. The van der Waals surface area contributed by atoms with E-state index in [-0.39, 0.29) is 85.1 Å². The van der Waals surface area contributed by atoms with Crippen LogP contribution in [-0.2, 0) is 76.4 Å². The number of benzene rings is 6. The summed E-state index contributed by atoms with van der Waals surface area (Å²) in [6.45, 7) is 24.6. The van der Waals surface area contributed by atoms with E-state index in [4.69, 9.17) is 64.7 Å². The maximum absolute atomic E-state index is 13.0. The third-order valence-electron chi connectivity index (χ3n) is 19.6. The Bertz CT molecular complexity index is 6120. The Morgan fingerprint density at radius 1 is 0.392 bits per heavy atom. The van der Waals surface area contributed by atoms with Crippen LogP contribution in [0.2, 0.25) is 0 Å². The summed E-state index contributed by atoms with van der Waals surface area (Å²) in [6.07, 6.45) is -1.36. The largest absolute Gasteiger partial charge is 0.458 e. The van der Waals surface area contributed by atoms with E-state index in [0.29, 0.717) is 61.3 Å². The highest BCUT2D eigenvalue weighted by molar-refractivity contribution is 7.16. The molecule has 6 aliphatic rings. The van der Waals surface area contributed by atoms with Gasteiger partial charge in [-0.05, 0) is 126 Å². The summed E-state index contributed by atoms with van der Waals surface area (Å²) < 4.78 is 84.1. The van der Waals surface area contributed by atoms with Gasteiger partial charge in [-0.15, -0.1) is 0 Å². The minimum atomic E-state index is -0.775. The first kappa shape index (κ1) is 83.7. The summed E-state index contributed by atoms with van der Waals surface area (Å²) in [5.41, 5.74) is 5.75. The summed E-state index contributed by atoms with van der Waals surface area (Å²) >= 11 is 2.92. The number of hydrogen-bond acceptors (Lipinski definition) is 35. The molecule has 0 amide bonds. The van der Waals surface area contributed by atoms with Crippen LogP contribution in [0, 0.1) is 47.3 Å². The second kappa shape index (κ2) is 34.9. The van der Waals surface area contributed by atoms with Crippen LogP contribution >= 0.6 is 34.0 Å². The fraction of sp³-hybridized carbons (Fsp3) is 0.253. The normalized spacial score (nSPS) is 20.7. The molecule has 11 aromatic rings. The molecule has 0 radical (unpaired) electrons. The number of oxazole rings is 2. The Morgan fingerprint density at radius 3 is 1.08 bits per heavy atom. The lowest BCUT2D eigenvalue weighted by Crippen LogP contribution is -2.44. The van der Waals surface area contributed by atoms with Crippen molar-refractivity contribution in [3.05, 3.63) is 232 Å². The molecule has 5 aromatic heterocycles. The average Bonchev–Trinajstić information content (AvgIpc) is 1.55. The van der Waals surface area contributed by atoms with Crippen molar-refractivity contribution in [2.45, 2.75) is 71.9 Å². The summed E-state index contributed by atoms with van der Waals surface area (Å²) in [5, 5.41) is 0. The molecule has 120 heavy (non-hydrogen) atoms. The first-order chi connectivity index (χ1) is 57.1. The zero-order chi connectivity index (χ0) is 86.0. The highest BCUT2D eigenvalue weighted by Gasteiger charge is 2.71. The summed E-state index contributed by atoms with van der Waals surface area (Å²) in [6, 6.07) is 30.0. The van der Waals surface area contributed by atoms with E-state index in [1.807, 2.05) is 19.1 Å². The third kappa shape index (κ3) is 18.6. The van der Waals surface area contributed by atoms with Gasteiger partial charge in [0.1, 0.15) is 53.2 Å². The van der Waals surface area contributed by atoms with Gasteiger partial charge in [0.15, 0.2) is 41.1 Å². The number of rotatable bonds is 19. The predicted molar refractivity (Wildman–Crippen MR) is 421 cm³/mol. The first-order valence-electron chi connectivity index (χ1n) is 36.1. The van der Waals surface area contributed by atoms with Gasteiger partial charge < -0.3 is 74.2 Å². The minimum Gasteiger partial charge on any atom is -0.458 e. The molecule has 2 aliphatic heterocycles. The lowest BCUT2D eigenvalue weighted by Gasteiger charge is -2.30. The van der Waals surface area contributed by atoms with Gasteiger partial charge in [-0.2, -0.15) is 0 Å². The van der Waals surface area contributed by atoms with E-state index in [0.717, 1.165) is 49.8 Å². The quantitative estimate of drug-likeness (QED) is 0.0329. The molecule has 12 atom stereocenters. The second-order valence-electron chi connectivity index (χ2n) is 28.1. The van der Waals surface area contributed by atoms with Gasteiger partial charge in [0.2, 0.25) is 0 Å². The summed E-state index contributed by atoms with van der Waals surface area (Å²) in [7, 11) is 0. The number of aromatic amines is 2. The highest BCUT2D eigenvalue weighted by Crippen LogP contribution is 2.60. The monoisotopic (exact) mass is 1700 g/mol. The van der Waals surface area contributed by atoms with Crippen LogP contribution in [0.4, 0.5) is 0 Å². The van der Waals surface area contributed by atoms with Crippen molar-refractivity contribution >= 4 is 158 Å². The van der Waals surface area contributed by atoms with Crippen LogP contribution < -0.4 is 50.0 Å². The molecule has 4 bridgehead atoms. The van der Waals surface area contributed by atoms with Gasteiger partial charge >= 0.3 is 92.0 Å². The van der Waals surface area contributed by atoms with Gasteiger partial charge in [0.25, 0.3) is 0 Å². The van der Waals surface area contributed by atoms with Gasteiger partial charge in [0.05, 0.1) is 54.4 Å². The Morgan fingerprint density at radius 2 is 0.725 bits per heavy atom. The first-order valence-corrected chi connectivity index (χ1v) is 38.5. The molecule has 37 heteroatoms. The van der Waals surface area contributed by atoms with Crippen LogP contribution in [0.5, 0.6) is 28.7 Å². The molecule has 6 aromatic carbocycles. The maximum Gasteiger partial charge on any atom is 0.417 e. The molecule has 618 valence electrons. The van der Waals surface area contributed by atoms with Gasteiger partial charge in [-0.3, -0.25) is 29.1 Å². The van der Waals surface area contributed by atoms with Crippen molar-refractivity contribution in [2.24, 2.45) is 47.3 Å². The number of H-pyrrole nitrogens is 2. The Balaban J connectivity index is 0.000000131. The fourth-order valence-electron chi connectivity index (χ4n) is 14.4. The molecular formula is C83H66N2O32S3. The van der Waals surface area contributed by atoms with Crippen LogP contribution in [0.3, 0.4) is 0 Å². The number of fused-ring (bicyclic) bond motifs is 7. The molecule has 7 heterocycles. The van der Waals surface area contributed by atoms with Gasteiger partial charge in [-0.25, -0.2) is 57.5 Å². The number of ether oxygens (including phenoxy) is 11.